The molecule has 28 heavy (non-hydrogen) atoms. The molecule has 0 amide bonds. The first-order chi connectivity index (χ1) is 13.1. The zero-order valence-corrected chi connectivity index (χ0v) is 17.2. The smallest absolute Gasteiger partial charge is 0.329 e. The molecule has 0 radical (unpaired) electrons. The van der Waals surface area contributed by atoms with Crippen molar-refractivity contribution in [3.63, 3.8) is 0 Å². The maximum atomic E-state index is 10.4. The van der Waals surface area contributed by atoms with Gasteiger partial charge in [0.05, 0.1) is 6.61 Å². The highest BCUT2D eigenvalue weighted by Crippen LogP contribution is 2.28. The molecule has 1 saturated heterocycles. The Balaban J connectivity index is 0.00000280. The third kappa shape index (κ3) is 6.64. The number of rotatable bonds is 7. The molecular formula is C22H25Cl2NO3. The number of hydrogen-bond acceptors (Lipinski definition) is 3. The van der Waals surface area contributed by atoms with Crippen molar-refractivity contribution in [1.29, 1.82) is 0 Å². The topological polar surface area (TPSA) is 49.8 Å². The molecule has 0 atom stereocenters. The lowest BCUT2D eigenvalue weighted by molar-refractivity contribution is -0.142. The first-order valence-corrected chi connectivity index (χ1v) is 9.56. The highest BCUT2D eigenvalue weighted by molar-refractivity contribution is 6.33. The van der Waals surface area contributed by atoms with Crippen LogP contribution in [0.2, 0.25) is 5.02 Å². The summed E-state index contributed by atoms with van der Waals surface area (Å²) in [5, 5.41) is 9.34. The number of nitrogens with zero attached hydrogens (tertiary/aromatic N) is 1. The van der Waals surface area contributed by atoms with Gasteiger partial charge in [0.25, 0.3) is 0 Å². The van der Waals surface area contributed by atoms with Gasteiger partial charge in [-0.15, -0.1) is 12.4 Å². The van der Waals surface area contributed by atoms with Crippen molar-refractivity contribution in [1.82, 2.24) is 4.90 Å². The number of piperidine rings is 1. The minimum Gasteiger partial charge on any atom is -0.480 e. The molecule has 1 heterocycles. The van der Waals surface area contributed by atoms with Gasteiger partial charge in [-0.2, -0.15) is 0 Å². The molecule has 4 nitrogen and oxygen atoms in total. The molecule has 1 fully saturated rings. The molecule has 2 aromatic rings. The second-order valence-electron chi connectivity index (χ2n) is 6.69. The summed E-state index contributed by atoms with van der Waals surface area (Å²) in [6, 6.07) is 16.4. The maximum Gasteiger partial charge on any atom is 0.329 e. The Hall–Kier alpha value is -1.85. The Kier molecular flexibility index (Phi) is 9.00. The van der Waals surface area contributed by atoms with Crippen LogP contribution >= 0.6 is 24.0 Å². The average molecular weight is 422 g/mol. The van der Waals surface area contributed by atoms with Crippen molar-refractivity contribution in [3.8, 4) is 11.1 Å². The largest absolute Gasteiger partial charge is 0.480 e. The molecule has 0 aliphatic carbocycles. The van der Waals surface area contributed by atoms with Gasteiger partial charge in [0, 0.05) is 30.2 Å². The first-order valence-electron chi connectivity index (χ1n) is 9.18. The van der Waals surface area contributed by atoms with Crippen LogP contribution in [-0.2, 0) is 9.53 Å². The minimum absolute atomic E-state index is 0. The van der Waals surface area contributed by atoms with Crippen LogP contribution < -0.4 is 0 Å². The van der Waals surface area contributed by atoms with Gasteiger partial charge in [0.1, 0.15) is 6.61 Å². The van der Waals surface area contributed by atoms with E-state index < -0.39 is 5.97 Å². The Morgan fingerprint density at radius 1 is 1.11 bits per heavy atom. The van der Waals surface area contributed by atoms with Crippen LogP contribution in [0.15, 0.2) is 54.1 Å². The molecule has 0 saturated carbocycles. The normalized spacial score (nSPS) is 14.4. The number of aliphatic carboxylic acids is 1. The van der Waals surface area contributed by atoms with E-state index in [1.165, 1.54) is 11.1 Å². The second kappa shape index (κ2) is 11.2. The second-order valence-corrected chi connectivity index (χ2v) is 7.10. The van der Waals surface area contributed by atoms with Crippen LogP contribution in [0.5, 0.6) is 0 Å². The zero-order valence-electron chi connectivity index (χ0n) is 15.6. The third-order valence-electron chi connectivity index (χ3n) is 4.74. The van der Waals surface area contributed by atoms with Crippen molar-refractivity contribution >= 4 is 36.1 Å². The van der Waals surface area contributed by atoms with Crippen LogP contribution in [-0.4, -0.2) is 48.8 Å². The maximum absolute atomic E-state index is 10.4. The molecule has 1 aliphatic rings. The number of carboxylic acid groups (broad SMARTS) is 1. The van der Waals surface area contributed by atoms with Gasteiger partial charge < -0.3 is 14.7 Å². The number of likely N-dealkylation sites (tertiary alicyclic amines) is 1. The summed E-state index contributed by atoms with van der Waals surface area (Å²) in [5.41, 5.74) is 4.83. The van der Waals surface area contributed by atoms with Crippen LogP contribution in [0.1, 0.15) is 18.4 Å². The average Bonchev–Trinajstić information content (AvgIpc) is 2.67. The Labute approximate surface area is 177 Å². The van der Waals surface area contributed by atoms with E-state index in [1.54, 1.807) is 0 Å². The summed E-state index contributed by atoms with van der Waals surface area (Å²) in [4.78, 5) is 12.8. The molecule has 1 aliphatic heterocycles. The Bertz CT molecular complexity index is 796. The number of carbonyl (C=O) groups is 1. The van der Waals surface area contributed by atoms with Gasteiger partial charge in [-0.3, -0.25) is 0 Å². The molecule has 0 aromatic heterocycles. The molecule has 1 N–H and O–H groups in total. The van der Waals surface area contributed by atoms with E-state index in [9.17, 15) is 4.79 Å². The lowest BCUT2D eigenvalue weighted by Gasteiger charge is -2.28. The summed E-state index contributed by atoms with van der Waals surface area (Å²) in [6.07, 6.45) is 4.34. The van der Waals surface area contributed by atoms with E-state index in [2.05, 4.69) is 35.2 Å². The summed E-state index contributed by atoms with van der Waals surface area (Å²) in [7, 11) is 0. The number of ether oxygens (including phenoxy) is 1. The lowest BCUT2D eigenvalue weighted by Crippen LogP contribution is -2.33. The van der Waals surface area contributed by atoms with Gasteiger partial charge in [0.15, 0.2) is 0 Å². The molecular weight excluding hydrogens is 397 g/mol. The molecule has 0 bridgehead atoms. The zero-order chi connectivity index (χ0) is 19.1. The van der Waals surface area contributed by atoms with Crippen molar-refractivity contribution < 1.29 is 14.6 Å². The number of benzene rings is 2. The van der Waals surface area contributed by atoms with Gasteiger partial charge in [-0.1, -0.05) is 65.7 Å². The van der Waals surface area contributed by atoms with E-state index in [1.807, 2.05) is 24.3 Å². The quantitative estimate of drug-likeness (QED) is 0.638. The van der Waals surface area contributed by atoms with Gasteiger partial charge in [0.2, 0.25) is 0 Å². The molecule has 0 unspecified atom stereocenters. The van der Waals surface area contributed by atoms with Gasteiger partial charge >= 0.3 is 5.97 Å². The minimum atomic E-state index is -0.917. The van der Waals surface area contributed by atoms with Gasteiger partial charge in [-0.05, 0) is 30.0 Å². The van der Waals surface area contributed by atoms with Crippen molar-refractivity contribution in [2.75, 3.05) is 32.8 Å². The molecule has 0 spiro atoms. The predicted octanol–water partition coefficient (Wildman–Crippen LogP) is 5.01. The Morgan fingerprint density at radius 2 is 1.79 bits per heavy atom. The fraction of sp³-hybridized carbons (Fsp3) is 0.318. The summed E-state index contributed by atoms with van der Waals surface area (Å²) >= 11 is 6.27. The SMILES string of the molecule is Cl.O=C(O)COCCN1CCC(=Cc2ccc(-c3ccccc3Cl)cc2)CC1. The fourth-order valence-electron chi connectivity index (χ4n) is 3.25. The highest BCUT2D eigenvalue weighted by Gasteiger charge is 2.13. The van der Waals surface area contributed by atoms with Crippen molar-refractivity contribution in [2.24, 2.45) is 0 Å². The summed E-state index contributed by atoms with van der Waals surface area (Å²) < 4.78 is 5.11. The lowest BCUT2D eigenvalue weighted by atomic mass is 9.99. The van der Waals surface area contributed by atoms with E-state index in [0.29, 0.717) is 6.61 Å². The third-order valence-corrected chi connectivity index (χ3v) is 5.07. The van der Waals surface area contributed by atoms with E-state index in [-0.39, 0.29) is 19.0 Å². The Morgan fingerprint density at radius 3 is 2.43 bits per heavy atom. The molecule has 2 aromatic carbocycles. The van der Waals surface area contributed by atoms with Crippen LogP contribution in [0, 0.1) is 0 Å². The van der Waals surface area contributed by atoms with Crippen molar-refractivity contribution in [3.05, 3.63) is 64.7 Å². The van der Waals surface area contributed by atoms with E-state index in [4.69, 9.17) is 21.4 Å². The molecule has 150 valence electrons. The van der Waals surface area contributed by atoms with Crippen LogP contribution in [0.3, 0.4) is 0 Å². The highest BCUT2D eigenvalue weighted by atomic mass is 35.5. The van der Waals surface area contributed by atoms with E-state index in [0.717, 1.165) is 48.6 Å². The van der Waals surface area contributed by atoms with E-state index >= 15 is 0 Å². The van der Waals surface area contributed by atoms with Gasteiger partial charge in [-0.25, -0.2) is 4.79 Å². The fourth-order valence-corrected chi connectivity index (χ4v) is 3.50. The van der Waals surface area contributed by atoms with Crippen LogP contribution in [0.25, 0.3) is 17.2 Å². The summed E-state index contributed by atoms with van der Waals surface area (Å²) in [5.74, 6) is -0.917. The molecule has 6 heteroatoms. The monoisotopic (exact) mass is 421 g/mol. The number of halogens is 2. The first kappa shape index (κ1) is 22.4. The predicted molar refractivity (Wildman–Crippen MR) is 116 cm³/mol. The number of hydrogen-bond donors (Lipinski definition) is 1. The van der Waals surface area contributed by atoms with Crippen molar-refractivity contribution in [2.45, 2.75) is 12.8 Å². The number of carboxylic acids is 1. The molecule has 3 rings (SSSR count). The van der Waals surface area contributed by atoms with Crippen LogP contribution in [0.4, 0.5) is 0 Å². The summed E-state index contributed by atoms with van der Waals surface area (Å²) in [6.45, 7) is 3.01. The standard InChI is InChI=1S/C22H24ClNO3.ClH/c23-21-4-2-1-3-20(21)19-7-5-17(6-8-19)15-18-9-11-24(12-10-18)13-14-27-16-22(25)26;/h1-8,15H,9-14,16H2,(H,25,26);1H.